The van der Waals surface area contributed by atoms with Crippen molar-refractivity contribution < 1.29 is 14.6 Å². The number of rotatable bonds is 3. The fourth-order valence-electron chi connectivity index (χ4n) is 4.03. The number of hydrogen-bond donors (Lipinski definition) is 2. The second-order valence-corrected chi connectivity index (χ2v) is 6.29. The van der Waals surface area contributed by atoms with Gasteiger partial charge in [-0.3, -0.25) is 0 Å². The van der Waals surface area contributed by atoms with Crippen LogP contribution in [0.4, 0.5) is 5.69 Å². The SMILES string of the molecule is COc1cccc2c1N[C@H](c1ccccc1C(=O)O)[C@@H]1CC=C[C@@H]21. The van der Waals surface area contributed by atoms with E-state index < -0.39 is 5.97 Å². The topological polar surface area (TPSA) is 58.6 Å². The molecule has 122 valence electrons. The number of aromatic carboxylic acids is 1. The number of carboxylic acids is 1. The second-order valence-electron chi connectivity index (χ2n) is 6.29. The van der Waals surface area contributed by atoms with Gasteiger partial charge in [0.2, 0.25) is 0 Å². The maximum absolute atomic E-state index is 11.7. The van der Waals surface area contributed by atoms with Crippen molar-refractivity contribution in [2.75, 3.05) is 12.4 Å². The number of anilines is 1. The lowest BCUT2D eigenvalue weighted by atomic mass is 9.76. The van der Waals surface area contributed by atoms with Crippen LogP contribution in [0.3, 0.4) is 0 Å². The van der Waals surface area contributed by atoms with Crippen molar-refractivity contribution in [3.05, 3.63) is 71.3 Å². The van der Waals surface area contributed by atoms with E-state index in [2.05, 4.69) is 23.5 Å². The molecule has 4 nitrogen and oxygen atoms in total. The van der Waals surface area contributed by atoms with Gasteiger partial charge in [0.05, 0.1) is 24.4 Å². The Balaban J connectivity index is 1.86. The minimum Gasteiger partial charge on any atom is -0.495 e. The fraction of sp³-hybridized carbons (Fsp3) is 0.250. The molecule has 2 aromatic rings. The highest BCUT2D eigenvalue weighted by Gasteiger charge is 2.40. The molecule has 2 aliphatic rings. The van der Waals surface area contributed by atoms with Crippen molar-refractivity contribution in [3.63, 3.8) is 0 Å². The molecule has 0 aromatic heterocycles. The van der Waals surface area contributed by atoms with E-state index in [9.17, 15) is 9.90 Å². The Morgan fingerprint density at radius 3 is 2.75 bits per heavy atom. The molecule has 0 unspecified atom stereocenters. The number of carbonyl (C=O) groups is 1. The van der Waals surface area contributed by atoms with Crippen LogP contribution in [-0.4, -0.2) is 18.2 Å². The summed E-state index contributed by atoms with van der Waals surface area (Å²) < 4.78 is 5.52. The highest BCUT2D eigenvalue weighted by molar-refractivity contribution is 5.90. The molecular formula is C20H19NO3. The molecule has 24 heavy (non-hydrogen) atoms. The Morgan fingerprint density at radius 1 is 1.17 bits per heavy atom. The van der Waals surface area contributed by atoms with Gasteiger partial charge >= 0.3 is 5.97 Å². The lowest BCUT2D eigenvalue weighted by molar-refractivity contribution is 0.0694. The van der Waals surface area contributed by atoms with Crippen molar-refractivity contribution in [1.82, 2.24) is 0 Å². The quantitative estimate of drug-likeness (QED) is 0.831. The molecule has 4 heteroatoms. The van der Waals surface area contributed by atoms with Crippen molar-refractivity contribution >= 4 is 11.7 Å². The van der Waals surface area contributed by atoms with E-state index in [0.717, 1.165) is 23.4 Å². The number of carboxylic acid groups (broad SMARTS) is 1. The lowest BCUT2D eigenvalue weighted by Crippen LogP contribution is -2.30. The van der Waals surface area contributed by atoms with Crippen LogP contribution in [0.1, 0.15) is 39.9 Å². The van der Waals surface area contributed by atoms with Gasteiger partial charge in [0, 0.05) is 5.92 Å². The van der Waals surface area contributed by atoms with Crippen molar-refractivity contribution in [2.45, 2.75) is 18.4 Å². The first-order chi connectivity index (χ1) is 11.7. The average Bonchev–Trinajstić information content (AvgIpc) is 3.10. The zero-order valence-corrected chi connectivity index (χ0v) is 13.4. The zero-order chi connectivity index (χ0) is 16.7. The summed E-state index contributed by atoms with van der Waals surface area (Å²) in [5.74, 6) is 0.498. The first-order valence-electron chi connectivity index (χ1n) is 8.13. The molecule has 1 aliphatic carbocycles. The standard InChI is InChI=1S/C20H19NO3/c1-24-17-11-5-10-14-12-8-4-9-13(12)18(21-19(14)17)15-6-2-3-7-16(15)20(22)23/h2-8,10-13,18,21H,9H2,1H3,(H,22,23)/t12-,13-,18+/m1/s1. The predicted octanol–water partition coefficient (Wildman–Crippen LogP) is 4.22. The van der Waals surface area contributed by atoms with Gasteiger partial charge in [0.15, 0.2) is 0 Å². The molecule has 2 N–H and O–H groups in total. The summed E-state index contributed by atoms with van der Waals surface area (Å²) in [5.41, 5.74) is 3.38. The van der Waals surface area contributed by atoms with Crippen LogP contribution < -0.4 is 10.1 Å². The third-order valence-electron chi connectivity index (χ3n) is 5.10. The highest BCUT2D eigenvalue weighted by atomic mass is 16.5. The minimum atomic E-state index is -0.888. The largest absolute Gasteiger partial charge is 0.495 e. The molecule has 0 bridgehead atoms. The number of hydrogen-bond acceptors (Lipinski definition) is 3. The molecular weight excluding hydrogens is 302 g/mol. The van der Waals surface area contributed by atoms with Gasteiger partial charge in [-0.2, -0.15) is 0 Å². The number of fused-ring (bicyclic) bond motifs is 3. The van der Waals surface area contributed by atoms with Gasteiger partial charge in [-0.1, -0.05) is 42.5 Å². The van der Waals surface area contributed by atoms with Crippen molar-refractivity contribution in [1.29, 1.82) is 0 Å². The van der Waals surface area contributed by atoms with E-state index in [-0.39, 0.29) is 12.0 Å². The second kappa shape index (κ2) is 5.71. The molecule has 0 spiro atoms. The summed E-state index contributed by atoms with van der Waals surface area (Å²) in [6.45, 7) is 0. The van der Waals surface area contributed by atoms with E-state index in [1.807, 2.05) is 24.3 Å². The first-order valence-corrected chi connectivity index (χ1v) is 8.13. The molecule has 3 atom stereocenters. The van der Waals surface area contributed by atoms with E-state index >= 15 is 0 Å². The van der Waals surface area contributed by atoms with Crippen LogP contribution >= 0.6 is 0 Å². The number of para-hydroxylation sites is 1. The zero-order valence-electron chi connectivity index (χ0n) is 13.4. The summed E-state index contributed by atoms with van der Waals surface area (Å²) in [6, 6.07) is 13.3. The molecule has 4 rings (SSSR count). The Morgan fingerprint density at radius 2 is 1.96 bits per heavy atom. The predicted molar refractivity (Wildman–Crippen MR) is 92.7 cm³/mol. The number of benzene rings is 2. The molecule has 1 aliphatic heterocycles. The lowest BCUT2D eigenvalue weighted by Gasteiger charge is -2.38. The van der Waals surface area contributed by atoms with E-state index in [1.54, 1.807) is 19.2 Å². The molecule has 1 heterocycles. The van der Waals surface area contributed by atoms with Crippen molar-refractivity contribution in [3.8, 4) is 5.75 Å². The average molecular weight is 321 g/mol. The monoisotopic (exact) mass is 321 g/mol. The van der Waals surface area contributed by atoms with Gasteiger partial charge in [-0.05, 0) is 35.6 Å². The van der Waals surface area contributed by atoms with E-state index in [1.165, 1.54) is 5.56 Å². The molecule has 0 radical (unpaired) electrons. The third kappa shape index (κ3) is 2.18. The number of allylic oxidation sites excluding steroid dienone is 2. The Bertz CT molecular complexity index is 827. The van der Waals surface area contributed by atoms with Crippen molar-refractivity contribution in [2.24, 2.45) is 5.92 Å². The Labute approximate surface area is 140 Å². The maximum atomic E-state index is 11.7. The van der Waals surface area contributed by atoms with E-state index in [4.69, 9.17) is 4.74 Å². The van der Waals surface area contributed by atoms with Crippen LogP contribution in [0.25, 0.3) is 0 Å². The van der Waals surface area contributed by atoms with E-state index in [0.29, 0.717) is 11.5 Å². The molecule has 0 saturated heterocycles. The third-order valence-corrected chi connectivity index (χ3v) is 5.10. The summed E-state index contributed by atoms with van der Waals surface area (Å²) in [4.78, 5) is 11.7. The minimum absolute atomic E-state index is 0.0545. The van der Waals surface area contributed by atoms with Gasteiger partial charge in [-0.25, -0.2) is 4.79 Å². The summed E-state index contributed by atoms with van der Waals surface area (Å²) >= 11 is 0. The van der Waals surface area contributed by atoms with Crippen LogP contribution in [0, 0.1) is 5.92 Å². The Kier molecular flexibility index (Phi) is 3.53. The normalized spacial score (nSPS) is 24.0. The summed E-state index contributed by atoms with van der Waals surface area (Å²) in [5, 5.41) is 13.1. The highest BCUT2D eigenvalue weighted by Crippen LogP contribution is 2.52. The smallest absolute Gasteiger partial charge is 0.336 e. The van der Waals surface area contributed by atoms with Gasteiger partial charge in [-0.15, -0.1) is 0 Å². The van der Waals surface area contributed by atoms with Gasteiger partial charge < -0.3 is 15.2 Å². The van der Waals surface area contributed by atoms with Gasteiger partial charge in [0.1, 0.15) is 5.75 Å². The molecule has 0 fully saturated rings. The van der Waals surface area contributed by atoms with Gasteiger partial charge in [0.25, 0.3) is 0 Å². The van der Waals surface area contributed by atoms with Crippen LogP contribution in [0.2, 0.25) is 0 Å². The number of methoxy groups -OCH3 is 1. The Hall–Kier alpha value is -2.75. The molecule has 0 amide bonds. The number of ether oxygens (including phenoxy) is 1. The van der Waals surface area contributed by atoms with Crippen LogP contribution in [0.5, 0.6) is 5.75 Å². The maximum Gasteiger partial charge on any atom is 0.336 e. The van der Waals surface area contributed by atoms with Crippen LogP contribution in [0.15, 0.2) is 54.6 Å². The van der Waals surface area contributed by atoms with Crippen LogP contribution in [-0.2, 0) is 0 Å². The fourth-order valence-corrected chi connectivity index (χ4v) is 4.03. The summed E-state index contributed by atoms with van der Waals surface area (Å²) in [7, 11) is 1.66. The summed E-state index contributed by atoms with van der Waals surface area (Å²) in [6.07, 6.45) is 5.37. The molecule has 0 saturated carbocycles. The number of nitrogens with one attached hydrogen (secondary N) is 1. The molecule has 2 aromatic carbocycles. The first kappa shape index (κ1) is 14.8.